The van der Waals surface area contributed by atoms with Crippen molar-refractivity contribution in [3.63, 3.8) is 0 Å². The number of ether oxygens (including phenoxy) is 1. The lowest BCUT2D eigenvalue weighted by Gasteiger charge is -2.12. The van der Waals surface area contributed by atoms with Gasteiger partial charge in [-0.25, -0.2) is 9.18 Å². The molecule has 2 rings (SSSR count). The number of halogens is 4. The van der Waals surface area contributed by atoms with Gasteiger partial charge >= 0.3 is 12.1 Å². The van der Waals surface area contributed by atoms with Crippen molar-refractivity contribution < 1.29 is 32.2 Å². The Hall–Kier alpha value is -2.57. The van der Waals surface area contributed by atoms with Crippen LogP contribution in [0.2, 0.25) is 0 Å². The van der Waals surface area contributed by atoms with Crippen molar-refractivity contribution in [2.75, 3.05) is 0 Å². The lowest BCUT2D eigenvalue weighted by atomic mass is 10.0. The van der Waals surface area contributed by atoms with E-state index in [-0.39, 0.29) is 17.9 Å². The molecule has 2 aromatic carbocycles. The highest BCUT2D eigenvalue weighted by atomic mass is 19.4. The van der Waals surface area contributed by atoms with Crippen LogP contribution >= 0.6 is 0 Å². The Labute approximate surface area is 122 Å². The molecule has 0 unspecified atom stereocenters. The van der Waals surface area contributed by atoms with Crippen LogP contribution < -0.4 is 4.74 Å². The zero-order valence-electron chi connectivity index (χ0n) is 11.0. The summed E-state index contributed by atoms with van der Waals surface area (Å²) in [7, 11) is 0. The first kappa shape index (κ1) is 15.8. The molecule has 0 heterocycles. The molecule has 0 aliphatic heterocycles. The Bertz CT molecular complexity index is 695. The highest BCUT2D eigenvalue weighted by molar-refractivity contribution is 5.89. The Morgan fingerprint density at radius 2 is 1.82 bits per heavy atom. The maximum absolute atomic E-state index is 13.4. The van der Waals surface area contributed by atoms with Gasteiger partial charge in [0.1, 0.15) is 6.61 Å². The van der Waals surface area contributed by atoms with E-state index in [4.69, 9.17) is 9.84 Å². The first-order valence-electron chi connectivity index (χ1n) is 6.10. The summed E-state index contributed by atoms with van der Waals surface area (Å²) < 4.78 is 56.3. The summed E-state index contributed by atoms with van der Waals surface area (Å²) in [6.07, 6.45) is -4.64. The first-order valence-corrected chi connectivity index (χ1v) is 6.10. The summed E-state index contributed by atoms with van der Waals surface area (Å²) in [6, 6.07) is 7.74. The van der Waals surface area contributed by atoms with Crippen LogP contribution in [0.25, 0.3) is 0 Å². The average Bonchev–Trinajstić information content (AvgIpc) is 2.45. The molecule has 0 saturated heterocycles. The van der Waals surface area contributed by atoms with Gasteiger partial charge in [0, 0.05) is 5.56 Å². The van der Waals surface area contributed by atoms with Crippen LogP contribution in [-0.4, -0.2) is 11.1 Å². The van der Waals surface area contributed by atoms with Crippen molar-refractivity contribution >= 4 is 5.97 Å². The summed E-state index contributed by atoms with van der Waals surface area (Å²) in [4.78, 5) is 11.1. The molecule has 0 bridgehead atoms. The number of rotatable bonds is 4. The van der Waals surface area contributed by atoms with Crippen LogP contribution in [0, 0.1) is 5.82 Å². The molecule has 0 radical (unpaired) electrons. The molecule has 0 fully saturated rings. The van der Waals surface area contributed by atoms with E-state index in [0.717, 1.165) is 18.2 Å². The lowest BCUT2D eigenvalue weighted by molar-refractivity contribution is -0.137. The van der Waals surface area contributed by atoms with Gasteiger partial charge in [-0.2, -0.15) is 13.2 Å². The SMILES string of the molecule is O=C(O)c1cc(C(F)(F)F)ccc1COc1ccccc1F. The number of alkyl halides is 3. The maximum atomic E-state index is 13.4. The number of para-hydroxylation sites is 1. The fourth-order valence-electron chi connectivity index (χ4n) is 1.80. The fraction of sp³-hybridized carbons (Fsp3) is 0.133. The third-order valence-corrected chi connectivity index (χ3v) is 2.89. The third kappa shape index (κ3) is 3.55. The summed E-state index contributed by atoms with van der Waals surface area (Å²) in [5.41, 5.74) is -1.59. The second-order valence-electron chi connectivity index (χ2n) is 4.39. The smallest absolute Gasteiger partial charge is 0.416 e. The molecule has 116 valence electrons. The van der Waals surface area contributed by atoms with E-state index in [1.54, 1.807) is 0 Å². The highest BCUT2D eigenvalue weighted by Crippen LogP contribution is 2.31. The molecule has 7 heteroatoms. The molecule has 1 N–H and O–H groups in total. The van der Waals surface area contributed by atoms with Crippen molar-refractivity contribution in [1.82, 2.24) is 0 Å². The Balaban J connectivity index is 2.27. The molecule has 0 atom stereocenters. The highest BCUT2D eigenvalue weighted by Gasteiger charge is 2.31. The van der Waals surface area contributed by atoms with Gasteiger partial charge < -0.3 is 9.84 Å². The number of hydrogen-bond acceptors (Lipinski definition) is 2. The molecule has 0 aliphatic rings. The number of aromatic carboxylic acids is 1. The van der Waals surface area contributed by atoms with Crippen LogP contribution in [0.5, 0.6) is 5.75 Å². The van der Waals surface area contributed by atoms with Crippen LogP contribution in [0.3, 0.4) is 0 Å². The van der Waals surface area contributed by atoms with Crippen molar-refractivity contribution in [2.45, 2.75) is 12.8 Å². The molecule has 0 spiro atoms. The van der Waals surface area contributed by atoms with E-state index in [1.165, 1.54) is 18.2 Å². The first-order chi connectivity index (χ1) is 10.3. The summed E-state index contributed by atoms with van der Waals surface area (Å²) in [5, 5.41) is 9.01. The Kier molecular flexibility index (Phi) is 4.35. The van der Waals surface area contributed by atoms with Crippen LogP contribution in [0.15, 0.2) is 42.5 Å². The number of benzene rings is 2. The molecular weight excluding hydrogens is 304 g/mol. The van der Waals surface area contributed by atoms with Gasteiger partial charge in [0.2, 0.25) is 0 Å². The van der Waals surface area contributed by atoms with Crippen molar-refractivity contribution in [2.24, 2.45) is 0 Å². The van der Waals surface area contributed by atoms with Gasteiger partial charge in [0.25, 0.3) is 0 Å². The molecule has 0 aromatic heterocycles. The van der Waals surface area contributed by atoms with Crippen LogP contribution in [0.4, 0.5) is 17.6 Å². The minimum Gasteiger partial charge on any atom is -0.486 e. The van der Waals surface area contributed by atoms with Gasteiger partial charge in [-0.3, -0.25) is 0 Å². The average molecular weight is 314 g/mol. The molecule has 2 aromatic rings. The summed E-state index contributed by atoms with van der Waals surface area (Å²) in [6.45, 7) is -0.360. The van der Waals surface area contributed by atoms with Crippen molar-refractivity contribution in [1.29, 1.82) is 0 Å². The number of carboxylic acid groups (broad SMARTS) is 1. The van der Waals surface area contributed by atoms with Crippen molar-refractivity contribution in [3.05, 3.63) is 65.0 Å². The third-order valence-electron chi connectivity index (χ3n) is 2.89. The lowest BCUT2D eigenvalue weighted by Crippen LogP contribution is -2.11. The van der Waals surface area contributed by atoms with E-state index in [2.05, 4.69) is 0 Å². The van der Waals surface area contributed by atoms with Gasteiger partial charge in [-0.15, -0.1) is 0 Å². The number of carboxylic acids is 1. The summed E-state index contributed by atoms with van der Waals surface area (Å²) >= 11 is 0. The van der Waals surface area contributed by atoms with E-state index >= 15 is 0 Å². The molecule has 0 amide bonds. The Morgan fingerprint density at radius 3 is 2.41 bits per heavy atom. The van der Waals surface area contributed by atoms with Gasteiger partial charge in [-0.05, 0) is 24.3 Å². The summed E-state index contributed by atoms with van der Waals surface area (Å²) in [5.74, 6) is -2.27. The normalized spacial score (nSPS) is 11.3. The fourth-order valence-corrected chi connectivity index (χ4v) is 1.80. The maximum Gasteiger partial charge on any atom is 0.416 e. The molecule has 0 saturated carbocycles. The Morgan fingerprint density at radius 1 is 1.14 bits per heavy atom. The van der Waals surface area contributed by atoms with Crippen molar-refractivity contribution in [3.8, 4) is 5.75 Å². The molecule has 22 heavy (non-hydrogen) atoms. The van der Waals surface area contributed by atoms with E-state index in [0.29, 0.717) is 6.07 Å². The number of carbonyl (C=O) groups is 1. The largest absolute Gasteiger partial charge is 0.486 e. The second-order valence-corrected chi connectivity index (χ2v) is 4.39. The zero-order chi connectivity index (χ0) is 16.3. The minimum absolute atomic E-state index is 0.0174. The second kappa shape index (κ2) is 6.05. The van der Waals surface area contributed by atoms with E-state index in [1.807, 2.05) is 0 Å². The van der Waals surface area contributed by atoms with Crippen LogP contribution in [-0.2, 0) is 12.8 Å². The molecule has 0 aliphatic carbocycles. The minimum atomic E-state index is -4.64. The zero-order valence-corrected chi connectivity index (χ0v) is 11.0. The predicted molar refractivity (Wildman–Crippen MR) is 69.1 cm³/mol. The topological polar surface area (TPSA) is 46.5 Å². The van der Waals surface area contributed by atoms with E-state index in [9.17, 15) is 22.4 Å². The predicted octanol–water partition coefficient (Wildman–Crippen LogP) is 4.12. The monoisotopic (exact) mass is 314 g/mol. The van der Waals surface area contributed by atoms with Gasteiger partial charge in [0.15, 0.2) is 11.6 Å². The van der Waals surface area contributed by atoms with Gasteiger partial charge in [0.05, 0.1) is 11.1 Å². The van der Waals surface area contributed by atoms with Crippen LogP contribution in [0.1, 0.15) is 21.5 Å². The van der Waals surface area contributed by atoms with Gasteiger partial charge in [-0.1, -0.05) is 18.2 Å². The van der Waals surface area contributed by atoms with E-state index < -0.39 is 29.1 Å². The number of hydrogen-bond donors (Lipinski definition) is 1. The quantitative estimate of drug-likeness (QED) is 0.864. The standard InChI is InChI=1S/C15H10F4O3/c16-12-3-1-2-4-13(12)22-8-9-5-6-10(15(17,18)19)7-11(9)14(20)21/h1-7H,8H2,(H,20,21). The molecule has 3 nitrogen and oxygen atoms in total. The molecular formula is C15H10F4O3.